The van der Waals surface area contributed by atoms with Crippen LogP contribution in [0.4, 0.5) is 4.39 Å². The third kappa shape index (κ3) is 3.55. The van der Waals surface area contributed by atoms with E-state index in [1.54, 1.807) is 12.1 Å². The van der Waals surface area contributed by atoms with Crippen LogP contribution in [0.2, 0.25) is 0 Å². The molecule has 18 heavy (non-hydrogen) atoms. The van der Waals surface area contributed by atoms with Gasteiger partial charge in [0.2, 0.25) is 0 Å². The Kier molecular flexibility index (Phi) is 4.76. The van der Waals surface area contributed by atoms with Crippen LogP contribution in [0.5, 0.6) is 0 Å². The van der Waals surface area contributed by atoms with Crippen LogP contribution in [-0.4, -0.2) is 6.04 Å². The second kappa shape index (κ2) is 6.33. The maximum atomic E-state index is 13.0. The van der Waals surface area contributed by atoms with E-state index in [2.05, 4.69) is 12.2 Å². The number of nitrogens with one attached hydrogen (secondary N) is 1. The van der Waals surface area contributed by atoms with Crippen molar-refractivity contribution in [3.63, 3.8) is 0 Å². The fourth-order valence-electron chi connectivity index (χ4n) is 2.93. The lowest BCUT2D eigenvalue weighted by Gasteiger charge is -2.28. The lowest BCUT2D eigenvalue weighted by molar-refractivity contribution is 0.280. The number of hydrogen-bond acceptors (Lipinski definition) is 1. The Bertz CT molecular complexity index is 383. The summed E-state index contributed by atoms with van der Waals surface area (Å²) in [6.07, 6.45) is 6.88. The summed E-state index contributed by atoms with van der Waals surface area (Å²) < 4.78 is 13.0. The van der Waals surface area contributed by atoms with Gasteiger partial charge in [-0.1, -0.05) is 25.3 Å². The Balaban J connectivity index is 1.86. The van der Waals surface area contributed by atoms with Crippen LogP contribution < -0.4 is 5.32 Å². The highest BCUT2D eigenvalue weighted by Crippen LogP contribution is 2.26. The number of aryl methyl sites for hydroxylation is 1. The van der Waals surface area contributed by atoms with Gasteiger partial charge in [-0.25, -0.2) is 4.39 Å². The molecule has 0 aromatic heterocycles. The summed E-state index contributed by atoms with van der Waals surface area (Å²) in [5.74, 6) is 0.677. The molecule has 2 heteroatoms. The van der Waals surface area contributed by atoms with Crippen LogP contribution >= 0.6 is 0 Å². The van der Waals surface area contributed by atoms with Crippen molar-refractivity contribution in [2.24, 2.45) is 5.92 Å². The lowest BCUT2D eigenvalue weighted by Crippen LogP contribution is -2.34. The molecule has 2 rings (SSSR count). The molecule has 0 amide bonds. The summed E-state index contributed by atoms with van der Waals surface area (Å²) in [5, 5.41) is 3.61. The van der Waals surface area contributed by atoms with Crippen molar-refractivity contribution in [3.8, 4) is 0 Å². The smallest absolute Gasteiger partial charge is 0.123 e. The summed E-state index contributed by atoms with van der Waals surface area (Å²) in [6.45, 7) is 5.12. The predicted octanol–water partition coefficient (Wildman–Crippen LogP) is 4.19. The molecule has 1 aromatic carbocycles. The molecule has 0 bridgehead atoms. The molecule has 0 spiro atoms. The first-order chi connectivity index (χ1) is 8.66. The molecule has 1 aliphatic rings. The topological polar surface area (TPSA) is 12.0 Å². The number of rotatable bonds is 4. The van der Waals surface area contributed by atoms with Gasteiger partial charge in [-0.3, -0.25) is 0 Å². The Morgan fingerprint density at radius 2 is 2.00 bits per heavy atom. The maximum Gasteiger partial charge on any atom is 0.123 e. The zero-order valence-electron chi connectivity index (χ0n) is 11.5. The molecular formula is C16H24FN. The van der Waals surface area contributed by atoms with Gasteiger partial charge >= 0.3 is 0 Å². The zero-order chi connectivity index (χ0) is 13.0. The van der Waals surface area contributed by atoms with Crippen molar-refractivity contribution >= 4 is 0 Å². The summed E-state index contributed by atoms with van der Waals surface area (Å²) in [7, 11) is 0. The third-order valence-corrected chi connectivity index (χ3v) is 4.28. The highest BCUT2D eigenvalue weighted by atomic mass is 19.1. The van der Waals surface area contributed by atoms with Crippen molar-refractivity contribution < 1.29 is 4.39 Å². The molecule has 1 aliphatic carbocycles. The molecule has 0 saturated heterocycles. The Hall–Kier alpha value is -0.890. The van der Waals surface area contributed by atoms with E-state index in [9.17, 15) is 4.39 Å². The quantitative estimate of drug-likeness (QED) is 0.843. The van der Waals surface area contributed by atoms with Crippen LogP contribution in [0.15, 0.2) is 18.2 Å². The number of benzene rings is 1. The van der Waals surface area contributed by atoms with E-state index in [1.165, 1.54) is 37.7 Å². The average molecular weight is 249 g/mol. The molecule has 1 atom stereocenters. The summed E-state index contributed by atoms with van der Waals surface area (Å²) in [4.78, 5) is 0. The SMILES string of the molecule is Cc1cc(F)ccc1CNC(C)C1CCCCC1. The largest absolute Gasteiger partial charge is 0.310 e. The van der Waals surface area contributed by atoms with Gasteiger partial charge in [0.1, 0.15) is 5.82 Å². The fraction of sp³-hybridized carbons (Fsp3) is 0.625. The summed E-state index contributed by atoms with van der Waals surface area (Å²) in [6, 6.07) is 5.62. The molecule has 1 unspecified atom stereocenters. The first-order valence-corrected chi connectivity index (χ1v) is 7.15. The van der Waals surface area contributed by atoms with Crippen LogP contribution in [0.1, 0.15) is 50.2 Å². The minimum Gasteiger partial charge on any atom is -0.310 e. The lowest BCUT2D eigenvalue weighted by atomic mass is 9.84. The van der Waals surface area contributed by atoms with E-state index in [0.717, 1.165) is 18.0 Å². The first kappa shape index (κ1) is 13.5. The third-order valence-electron chi connectivity index (χ3n) is 4.28. The van der Waals surface area contributed by atoms with Crippen LogP contribution in [0.3, 0.4) is 0 Å². The summed E-state index contributed by atoms with van der Waals surface area (Å²) >= 11 is 0. The van der Waals surface area contributed by atoms with Gasteiger partial charge in [0.25, 0.3) is 0 Å². The van der Waals surface area contributed by atoms with Gasteiger partial charge in [-0.2, -0.15) is 0 Å². The van der Waals surface area contributed by atoms with E-state index < -0.39 is 0 Å². The molecule has 1 nitrogen and oxygen atoms in total. The van der Waals surface area contributed by atoms with E-state index in [1.807, 2.05) is 13.0 Å². The molecule has 0 radical (unpaired) electrons. The maximum absolute atomic E-state index is 13.0. The van der Waals surface area contributed by atoms with Crippen LogP contribution in [0.25, 0.3) is 0 Å². The molecule has 0 aliphatic heterocycles. The van der Waals surface area contributed by atoms with Crippen LogP contribution in [0, 0.1) is 18.7 Å². The van der Waals surface area contributed by atoms with Crippen molar-refractivity contribution in [2.45, 2.75) is 58.5 Å². The van der Waals surface area contributed by atoms with Crippen molar-refractivity contribution in [1.29, 1.82) is 0 Å². The molecule has 1 aromatic rings. The first-order valence-electron chi connectivity index (χ1n) is 7.15. The Labute approximate surface area is 110 Å². The standard InChI is InChI=1S/C16H24FN/c1-12-10-16(17)9-8-15(12)11-18-13(2)14-6-4-3-5-7-14/h8-10,13-14,18H,3-7,11H2,1-2H3. The molecule has 1 fully saturated rings. The van der Waals surface area contributed by atoms with E-state index in [-0.39, 0.29) is 5.82 Å². The minimum atomic E-state index is -0.142. The Morgan fingerprint density at radius 1 is 1.28 bits per heavy atom. The zero-order valence-corrected chi connectivity index (χ0v) is 11.5. The molecule has 1 N–H and O–H groups in total. The van der Waals surface area contributed by atoms with Crippen molar-refractivity contribution in [1.82, 2.24) is 5.32 Å². The van der Waals surface area contributed by atoms with E-state index in [4.69, 9.17) is 0 Å². The molecular weight excluding hydrogens is 225 g/mol. The van der Waals surface area contributed by atoms with Crippen molar-refractivity contribution in [2.75, 3.05) is 0 Å². The van der Waals surface area contributed by atoms with Gasteiger partial charge in [0.15, 0.2) is 0 Å². The van der Waals surface area contributed by atoms with E-state index in [0.29, 0.717) is 6.04 Å². The molecule has 0 heterocycles. The second-order valence-electron chi connectivity index (χ2n) is 5.64. The Morgan fingerprint density at radius 3 is 2.67 bits per heavy atom. The second-order valence-corrected chi connectivity index (χ2v) is 5.64. The summed E-state index contributed by atoms with van der Waals surface area (Å²) in [5.41, 5.74) is 2.25. The van der Waals surface area contributed by atoms with Crippen molar-refractivity contribution in [3.05, 3.63) is 35.1 Å². The van der Waals surface area contributed by atoms with Gasteiger partial charge < -0.3 is 5.32 Å². The number of hydrogen-bond donors (Lipinski definition) is 1. The van der Waals surface area contributed by atoms with Gasteiger partial charge in [-0.05, 0) is 55.9 Å². The average Bonchev–Trinajstić information content (AvgIpc) is 2.38. The van der Waals surface area contributed by atoms with E-state index >= 15 is 0 Å². The number of halogens is 1. The fourth-order valence-corrected chi connectivity index (χ4v) is 2.93. The minimum absolute atomic E-state index is 0.142. The molecule has 100 valence electrons. The highest BCUT2D eigenvalue weighted by Gasteiger charge is 2.19. The van der Waals surface area contributed by atoms with Crippen LogP contribution in [-0.2, 0) is 6.54 Å². The van der Waals surface area contributed by atoms with Gasteiger partial charge in [0.05, 0.1) is 0 Å². The normalized spacial score (nSPS) is 18.8. The molecule has 1 saturated carbocycles. The van der Waals surface area contributed by atoms with Gasteiger partial charge in [0, 0.05) is 12.6 Å². The highest BCUT2D eigenvalue weighted by molar-refractivity contribution is 5.26. The van der Waals surface area contributed by atoms with Gasteiger partial charge in [-0.15, -0.1) is 0 Å². The monoisotopic (exact) mass is 249 g/mol. The predicted molar refractivity (Wildman–Crippen MR) is 74.0 cm³/mol.